The third kappa shape index (κ3) is 3.60. The number of hydrogen-bond acceptors (Lipinski definition) is 2. The van der Waals surface area contributed by atoms with Gasteiger partial charge in [0, 0.05) is 18.0 Å². The number of Topliss-reactive ketones (excluding diaryl/α,β-unsaturated/α-hetero) is 1. The molecular weight excluding hydrogens is 293 g/mol. The van der Waals surface area contributed by atoms with Crippen molar-refractivity contribution in [2.24, 2.45) is 5.73 Å². The Kier molecular flexibility index (Phi) is 5.18. The summed E-state index contributed by atoms with van der Waals surface area (Å²) in [6.07, 6.45) is 0.918. The second-order valence-electron chi connectivity index (χ2n) is 4.58. The first-order valence-electron chi connectivity index (χ1n) is 6.37. The maximum Gasteiger partial charge on any atom is 0.164 e. The molecule has 0 aliphatic heterocycles. The van der Waals surface area contributed by atoms with Crippen molar-refractivity contribution in [2.45, 2.75) is 18.9 Å². The van der Waals surface area contributed by atoms with Crippen molar-refractivity contribution >= 4 is 29.0 Å². The highest BCUT2D eigenvalue weighted by atomic mass is 35.5. The van der Waals surface area contributed by atoms with Crippen molar-refractivity contribution in [3.05, 3.63) is 69.7 Å². The number of benzene rings is 2. The topological polar surface area (TPSA) is 43.1 Å². The van der Waals surface area contributed by atoms with E-state index in [0.717, 1.165) is 5.56 Å². The zero-order chi connectivity index (χ0) is 14.5. The summed E-state index contributed by atoms with van der Waals surface area (Å²) in [6.45, 7) is 0. The Morgan fingerprint density at radius 2 is 1.75 bits per heavy atom. The third-order valence-electron chi connectivity index (χ3n) is 3.16. The highest BCUT2D eigenvalue weighted by Crippen LogP contribution is 2.27. The van der Waals surface area contributed by atoms with E-state index < -0.39 is 0 Å². The van der Waals surface area contributed by atoms with Crippen LogP contribution in [-0.4, -0.2) is 5.78 Å². The summed E-state index contributed by atoms with van der Waals surface area (Å²) in [5.41, 5.74) is 7.56. The highest BCUT2D eigenvalue weighted by Gasteiger charge is 2.14. The Hall–Kier alpha value is -1.35. The highest BCUT2D eigenvalue weighted by molar-refractivity contribution is 6.43. The Morgan fingerprint density at radius 3 is 2.45 bits per heavy atom. The number of hydrogen-bond donors (Lipinski definition) is 1. The van der Waals surface area contributed by atoms with Gasteiger partial charge in [-0.3, -0.25) is 4.79 Å². The lowest BCUT2D eigenvalue weighted by molar-refractivity contribution is 0.0977. The van der Waals surface area contributed by atoms with Gasteiger partial charge in [-0.05, 0) is 24.1 Å². The zero-order valence-corrected chi connectivity index (χ0v) is 12.4. The molecule has 0 bridgehead atoms. The van der Waals surface area contributed by atoms with E-state index in [9.17, 15) is 4.79 Å². The summed E-state index contributed by atoms with van der Waals surface area (Å²) in [6, 6.07) is 14.6. The number of rotatable bonds is 5. The summed E-state index contributed by atoms with van der Waals surface area (Å²) in [7, 11) is 0. The molecule has 2 aromatic carbocycles. The maximum absolute atomic E-state index is 12.2. The van der Waals surface area contributed by atoms with Crippen LogP contribution < -0.4 is 5.73 Å². The molecule has 2 aromatic rings. The van der Waals surface area contributed by atoms with E-state index in [0.29, 0.717) is 28.5 Å². The Morgan fingerprint density at radius 1 is 1.05 bits per heavy atom. The van der Waals surface area contributed by atoms with Gasteiger partial charge in [0.05, 0.1) is 10.0 Å². The number of carbonyl (C=O) groups is 1. The predicted octanol–water partition coefficient (Wildman–Crippen LogP) is 4.66. The third-order valence-corrected chi connectivity index (χ3v) is 3.98. The lowest BCUT2D eigenvalue weighted by atomic mass is 9.99. The monoisotopic (exact) mass is 307 g/mol. The van der Waals surface area contributed by atoms with Crippen LogP contribution in [0.4, 0.5) is 0 Å². The lowest BCUT2D eigenvalue weighted by Crippen LogP contribution is -2.12. The van der Waals surface area contributed by atoms with Crippen LogP contribution in [0.5, 0.6) is 0 Å². The molecule has 0 saturated heterocycles. The molecule has 0 radical (unpaired) electrons. The summed E-state index contributed by atoms with van der Waals surface area (Å²) in [5, 5.41) is 0.706. The first-order valence-corrected chi connectivity index (χ1v) is 7.13. The van der Waals surface area contributed by atoms with Gasteiger partial charge in [-0.25, -0.2) is 0 Å². The second-order valence-corrected chi connectivity index (χ2v) is 5.37. The van der Waals surface area contributed by atoms with Crippen LogP contribution in [0.3, 0.4) is 0 Å². The molecule has 1 unspecified atom stereocenters. The Labute approximate surface area is 128 Å². The van der Waals surface area contributed by atoms with Crippen LogP contribution in [0.1, 0.15) is 34.8 Å². The minimum absolute atomic E-state index is 0.0381. The minimum atomic E-state index is -0.155. The molecule has 20 heavy (non-hydrogen) atoms. The molecule has 2 N–H and O–H groups in total. The van der Waals surface area contributed by atoms with Gasteiger partial charge in [-0.15, -0.1) is 0 Å². The first kappa shape index (κ1) is 15.0. The van der Waals surface area contributed by atoms with Crippen molar-refractivity contribution in [2.75, 3.05) is 0 Å². The molecule has 2 nitrogen and oxygen atoms in total. The van der Waals surface area contributed by atoms with E-state index in [2.05, 4.69) is 0 Å². The summed E-state index contributed by atoms with van der Waals surface area (Å²) in [4.78, 5) is 12.2. The van der Waals surface area contributed by atoms with E-state index >= 15 is 0 Å². The molecule has 0 aliphatic rings. The molecule has 0 aromatic heterocycles. The minimum Gasteiger partial charge on any atom is -0.324 e. The smallest absolute Gasteiger partial charge is 0.164 e. The van der Waals surface area contributed by atoms with Crippen LogP contribution >= 0.6 is 23.2 Å². The molecule has 2 rings (SSSR count). The average Bonchev–Trinajstić information content (AvgIpc) is 2.48. The van der Waals surface area contributed by atoms with Crippen LogP contribution in [0.15, 0.2) is 48.5 Å². The van der Waals surface area contributed by atoms with Crippen molar-refractivity contribution in [3.63, 3.8) is 0 Å². The van der Waals surface area contributed by atoms with Gasteiger partial charge in [0.2, 0.25) is 0 Å². The number of halogens is 2. The van der Waals surface area contributed by atoms with Crippen molar-refractivity contribution in [3.8, 4) is 0 Å². The predicted molar refractivity (Wildman–Crippen MR) is 83.4 cm³/mol. The summed E-state index contributed by atoms with van der Waals surface area (Å²) in [5.74, 6) is -0.0381. The summed E-state index contributed by atoms with van der Waals surface area (Å²) >= 11 is 11.9. The maximum atomic E-state index is 12.2. The molecule has 0 aliphatic carbocycles. The van der Waals surface area contributed by atoms with Crippen molar-refractivity contribution in [1.82, 2.24) is 0 Å². The molecule has 0 saturated carbocycles. The zero-order valence-electron chi connectivity index (χ0n) is 10.9. The molecular formula is C16H15Cl2NO. The standard InChI is InChI=1S/C16H15Cl2NO/c17-13-8-4-7-12(16(13)18)15(20)10-9-14(19)11-5-2-1-3-6-11/h1-8,14H,9-10,19H2. The van der Waals surface area contributed by atoms with Gasteiger partial charge in [-0.1, -0.05) is 59.6 Å². The first-order chi connectivity index (χ1) is 9.59. The van der Waals surface area contributed by atoms with E-state index in [1.54, 1.807) is 18.2 Å². The molecule has 0 spiro atoms. The van der Waals surface area contributed by atoms with Gasteiger partial charge >= 0.3 is 0 Å². The molecule has 104 valence electrons. The van der Waals surface area contributed by atoms with Crippen LogP contribution in [-0.2, 0) is 0 Å². The Balaban J connectivity index is 2.01. The van der Waals surface area contributed by atoms with E-state index in [1.165, 1.54) is 0 Å². The SMILES string of the molecule is NC(CCC(=O)c1cccc(Cl)c1Cl)c1ccccc1. The van der Waals surface area contributed by atoms with Crippen molar-refractivity contribution < 1.29 is 4.79 Å². The fourth-order valence-corrected chi connectivity index (χ4v) is 2.41. The number of ketones is 1. The average molecular weight is 308 g/mol. The van der Waals surface area contributed by atoms with E-state index in [1.807, 2.05) is 30.3 Å². The largest absolute Gasteiger partial charge is 0.324 e. The number of nitrogens with two attached hydrogens (primary N) is 1. The van der Waals surface area contributed by atoms with E-state index in [4.69, 9.17) is 28.9 Å². The van der Waals surface area contributed by atoms with Gasteiger partial charge < -0.3 is 5.73 Å². The van der Waals surface area contributed by atoms with Gasteiger partial charge in [0.15, 0.2) is 5.78 Å². The lowest BCUT2D eigenvalue weighted by Gasteiger charge is -2.11. The second kappa shape index (κ2) is 6.89. The molecule has 0 fully saturated rings. The molecule has 0 heterocycles. The molecule has 1 atom stereocenters. The van der Waals surface area contributed by atoms with E-state index in [-0.39, 0.29) is 11.8 Å². The normalized spacial score (nSPS) is 12.2. The van der Waals surface area contributed by atoms with Gasteiger partial charge in [0.25, 0.3) is 0 Å². The van der Waals surface area contributed by atoms with Crippen LogP contribution in [0.2, 0.25) is 10.0 Å². The number of carbonyl (C=O) groups excluding carboxylic acids is 1. The molecule has 0 amide bonds. The quantitative estimate of drug-likeness (QED) is 0.817. The van der Waals surface area contributed by atoms with Crippen LogP contribution in [0.25, 0.3) is 0 Å². The van der Waals surface area contributed by atoms with Crippen LogP contribution in [0, 0.1) is 0 Å². The molecule has 4 heteroatoms. The van der Waals surface area contributed by atoms with Gasteiger partial charge in [0.1, 0.15) is 0 Å². The van der Waals surface area contributed by atoms with Crippen molar-refractivity contribution in [1.29, 1.82) is 0 Å². The van der Waals surface area contributed by atoms with Gasteiger partial charge in [-0.2, -0.15) is 0 Å². The summed E-state index contributed by atoms with van der Waals surface area (Å²) < 4.78 is 0. The fourth-order valence-electron chi connectivity index (χ4n) is 2.01. The fraction of sp³-hybridized carbons (Fsp3) is 0.188. The Bertz CT molecular complexity index is 599.